The average molecular weight is 442 g/mol. The maximum absolute atomic E-state index is 13.2. The van der Waals surface area contributed by atoms with Crippen molar-refractivity contribution < 1.29 is 27.0 Å². The highest BCUT2D eigenvalue weighted by Gasteiger charge is 2.14. The molecule has 2 aromatic carbocycles. The Balaban J connectivity index is 0.000000231. The van der Waals surface area contributed by atoms with E-state index >= 15 is 0 Å². The summed E-state index contributed by atoms with van der Waals surface area (Å²) in [6, 6.07) is 3.28. The third kappa shape index (κ3) is 4.73. The van der Waals surface area contributed by atoms with Gasteiger partial charge in [-0.2, -0.15) is 0 Å². The lowest BCUT2D eigenvalue weighted by molar-refractivity contribution is 0.378. The highest BCUT2D eigenvalue weighted by atomic mass is 127. The molecule has 0 aliphatic rings. The Kier molecular flexibility index (Phi) is 7.11. The fraction of sp³-hybridized carbons (Fsp3) is 0.250. The molecule has 0 saturated carbocycles. The fourth-order valence-electron chi connectivity index (χ4n) is 1.89. The van der Waals surface area contributed by atoms with E-state index in [0.29, 0.717) is 11.1 Å². The minimum absolute atomic E-state index is 0.0324. The lowest BCUT2D eigenvalue weighted by Crippen LogP contribution is -1.97. The monoisotopic (exact) mass is 442 g/mol. The van der Waals surface area contributed by atoms with Crippen LogP contribution in [0.4, 0.5) is 17.6 Å². The zero-order valence-corrected chi connectivity index (χ0v) is 15.1. The molecule has 0 bridgehead atoms. The topological polar surface area (TPSA) is 18.5 Å². The quantitative estimate of drug-likeness (QED) is 0.363. The van der Waals surface area contributed by atoms with Crippen LogP contribution < -0.4 is 9.47 Å². The molecule has 0 aromatic heterocycles. The summed E-state index contributed by atoms with van der Waals surface area (Å²) < 4.78 is 60.6. The molecule has 0 heterocycles. The molecule has 0 unspecified atom stereocenters. The molecule has 2 rings (SSSR count). The molecule has 7 heteroatoms. The van der Waals surface area contributed by atoms with E-state index in [-0.39, 0.29) is 15.1 Å². The SMILES string of the molecule is COc1c(C)cc(F)c(I)c1F.COc1c(C)cc(F)cc1F. The average Bonchev–Trinajstić information content (AvgIpc) is 2.45. The zero-order valence-electron chi connectivity index (χ0n) is 12.9. The summed E-state index contributed by atoms with van der Waals surface area (Å²) in [7, 11) is 2.71. The Morgan fingerprint density at radius 3 is 1.78 bits per heavy atom. The Bertz CT molecular complexity index is 682. The van der Waals surface area contributed by atoms with Gasteiger partial charge in [0.1, 0.15) is 11.6 Å². The van der Waals surface area contributed by atoms with Crippen LogP contribution >= 0.6 is 22.6 Å². The van der Waals surface area contributed by atoms with E-state index in [1.807, 2.05) is 0 Å². The Hall–Kier alpha value is -1.51. The minimum atomic E-state index is -0.662. The molecule has 2 aromatic rings. The van der Waals surface area contributed by atoms with E-state index in [1.54, 1.807) is 36.4 Å². The first-order chi connectivity index (χ1) is 10.7. The number of rotatable bonds is 2. The van der Waals surface area contributed by atoms with E-state index in [4.69, 9.17) is 4.74 Å². The van der Waals surface area contributed by atoms with E-state index in [1.165, 1.54) is 26.4 Å². The van der Waals surface area contributed by atoms with Crippen LogP contribution in [-0.4, -0.2) is 14.2 Å². The number of hydrogen-bond acceptors (Lipinski definition) is 2. The van der Waals surface area contributed by atoms with Gasteiger partial charge in [0.2, 0.25) is 0 Å². The number of hydrogen-bond donors (Lipinski definition) is 0. The lowest BCUT2D eigenvalue weighted by Gasteiger charge is -2.07. The number of ether oxygens (including phenoxy) is 2. The van der Waals surface area contributed by atoms with Crippen molar-refractivity contribution in [1.29, 1.82) is 0 Å². The van der Waals surface area contributed by atoms with E-state index in [9.17, 15) is 17.6 Å². The smallest absolute Gasteiger partial charge is 0.181 e. The van der Waals surface area contributed by atoms with Gasteiger partial charge in [0.05, 0.1) is 17.8 Å². The summed E-state index contributed by atoms with van der Waals surface area (Å²) in [6.07, 6.45) is 0. The van der Waals surface area contributed by atoms with Gasteiger partial charge in [-0.1, -0.05) is 0 Å². The molecule has 23 heavy (non-hydrogen) atoms. The molecule has 126 valence electrons. The van der Waals surface area contributed by atoms with Crippen LogP contribution in [0, 0.1) is 40.7 Å². The predicted molar refractivity (Wildman–Crippen MR) is 88.0 cm³/mol. The van der Waals surface area contributed by atoms with Gasteiger partial charge in [0, 0.05) is 6.07 Å². The van der Waals surface area contributed by atoms with E-state index in [2.05, 4.69) is 4.74 Å². The van der Waals surface area contributed by atoms with Crippen LogP contribution in [-0.2, 0) is 0 Å². The van der Waals surface area contributed by atoms with Crippen molar-refractivity contribution in [3.63, 3.8) is 0 Å². The van der Waals surface area contributed by atoms with Crippen molar-refractivity contribution in [1.82, 2.24) is 0 Å². The first kappa shape index (κ1) is 19.5. The number of aryl methyl sites for hydroxylation is 2. The second-order valence-corrected chi connectivity index (χ2v) is 5.65. The Labute approximate surface area is 145 Å². The van der Waals surface area contributed by atoms with Gasteiger partial charge >= 0.3 is 0 Å². The van der Waals surface area contributed by atoms with Crippen molar-refractivity contribution in [2.75, 3.05) is 14.2 Å². The van der Waals surface area contributed by atoms with Crippen LogP contribution in [0.15, 0.2) is 18.2 Å². The van der Waals surface area contributed by atoms with Crippen LogP contribution in [0.3, 0.4) is 0 Å². The molecule has 0 saturated heterocycles. The molecule has 0 radical (unpaired) electrons. The van der Waals surface area contributed by atoms with E-state index in [0.717, 1.165) is 6.07 Å². The normalized spacial score (nSPS) is 9.96. The third-order valence-electron chi connectivity index (χ3n) is 2.91. The number of methoxy groups -OCH3 is 2. The second-order valence-electron chi connectivity index (χ2n) is 4.57. The lowest BCUT2D eigenvalue weighted by atomic mass is 10.2. The van der Waals surface area contributed by atoms with Crippen LogP contribution in [0.1, 0.15) is 11.1 Å². The molecule has 0 aliphatic carbocycles. The number of halogens is 5. The zero-order chi connectivity index (χ0) is 17.7. The molecule has 0 aliphatic heterocycles. The molecular formula is C16H15F4IO2. The van der Waals surface area contributed by atoms with Crippen molar-refractivity contribution in [2.24, 2.45) is 0 Å². The molecule has 0 amide bonds. The highest BCUT2D eigenvalue weighted by molar-refractivity contribution is 14.1. The second kappa shape index (κ2) is 8.37. The summed E-state index contributed by atoms with van der Waals surface area (Å²) in [5.41, 5.74) is 0.929. The van der Waals surface area contributed by atoms with Gasteiger partial charge < -0.3 is 9.47 Å². The summed E-state index contributed by atoms with van der Waals surface area (Å²) >= 11 is 1.60. The highest BCUT2D eigenvalue weighted by Crippen LogP contribution is 2.28. The largest absolute Gasteiger partial charge is 0.493 e. The molecule has 0 fully saturated rings. The van der Waals surface area contributed by atoms with Gasteiger partial charge in [0.15, 0.2) is 23.1 Å². The summed E-state index contributed by atoms with van der Waals surface area (Å²) in [4.78, 5) is 0. The molecular weight excluding hydrogens is 427 g/mol. The third-order valence-corrected chi connectivity index (χ3v) is 3.89. The van der Waals surface area contributed by atoms with Gasteiger partial charge in [0.25, 0.3) is 0 Å². The summed E-state index contributed by atoms with van der Waals surface area (Å²) in [5, 5.41) is 0. The Morgan fingerprint density at radius 2 is 1.30 bits per heavy atom. The fourth-order valence-corrected chi connectivity index (χ4v) is 2.30. The number of benzene rings is 2. The predicted octanol–water partition coefficient (Wildman–Crippen LogP) is 5.17. The van der Waals surface area contributed by atoms with Crippen molar-refractivity contribution in [3.8, 4) is 11.5 Å². The van der Waals surface area contributed by atoms with Crippen LogP contribution in [0.2, 0.25) is 0 Å². The summed E-state index contributed by atoms with van der Waals surface area (Å²) in [6.45, 7) is 3.19. The minimum Gasteiger partial charge on any atom is -0.493 e. The first-order valence-electron chi connectivity index (χ1n) is 6.40. The van der Waals surface area contributed by atoms with Gasteiger partial charge in [-0.15, -0.1) is 0 Å². The van der Waals surface area contributed by atoms with Crippen LogP contribution in [0.5, 0.6) is 11.5 Å². The van der Waals surface area contributed by atoms with Crippen molar-refractivity contribution >= 4 is 22.6 Å². The first-order valence-corrected chi connectivity index (χ1v) is 7.48. The summed E-state index contributed by atoms with van der Waals surface area (Å²) in [5.74, 6) is -2.21. The maximum Gasteiger partial charge on any atom is 0.181 e. The molecule has 0 atom stereocenters. The van der Waals surface area contributed by atoms with Gasteiger partial charge in [-0.25, -0.2) is 17.6 Å². The Morgan fingerprint density at radius 1 is 0.783 bits per heavy atom. The standard InChI is InChI=1S/C8H7F2IO.C8H8F2O/c1-4-3-5(9)7(11)6(10)8(4)12-2;1-5-3-6(9)4-7(10)8(5)11-2/h3H,1-2H3;3-4H,1-2H3. The van der Waals surface area contributed by atoms with E-state index < -0.39 is 23.3 Å². The maximum atomic E-state index is 13.2. The molecule has 0 N–H and O–H groups in total. The van der Waals surface area contributed by atoms with Gasteiger partial charge in [-0.05, 0) is 59.7 Å². The van der Waals surface area contributed by atoms with Crippen LogP contribution in [0.25, 0.3) is 0 Å². The van der Waals surface area contributed by atoms with Crippen molar-refractivity contribution in [2.45, 2.75) is 13.8 Å². The molecule has 0 spiro atoms. The van der Waals surface area contributed by atoms with Crippen molar-refractivity contribution in [3.05, 3.63) is 56.2 Å². The van der Waals surface area contributed by atoms with Gasteiger partial charge in [-0.3, -0.25) is 0 Å². The molecule has 2 nitrogen and oxygen atoms in total.